The number of ether oxygens (including phenoxy) is 2. The van der Waals surface area contributed by atoms with Gasteiger partial charge in [-0.1, -0.05) is 0 Å². The van der Waals surface area contributed by atoms with Crippen LogP contribution in [0.3, 0.4) is 0 Å². The summed E-state index contributed by atoms with van der Waals surface area (Å²) in [6, 6.07) is 5.96. The fourth-order valence-corrected chi connectivity index (χ4v) is 3.35. The quantitative estimate of drug-likeness (QED) is 0.840. The van der Waals surface area contributed by atoms with Crippen molar-refractivity contribution < 1.29 is 9.47 Å². The maximum absolute atomic E-state index is 5.53. The summed E-state index contributed by atoms with van der Waals surface area (Å²) in [5.41, 5.74) is 3.75. The molecule has 1 aromatic rings. The minimum atomic E-state index is 0.0686. The maximum Gasteiger partial charge on any atom is 0.171 e. The fourth-order valence-electron chi connectivity index (χ4n) is 3.11. The third-order valence-corrected chi connectivity index (χ3v) is 4.37. The van der Waals surface area contributed by atoms with Crippen molar-refractivity contribution in [3.8, 4) is 11.5 Å². The normalized spacial score (nSPS) is 21.2. The van der Waals surface area contributed by atoms with Gasteiger partial charge in [0.15, 0.2) is 5.11 Å². The lowest BCUT2D eigenvalue weighted by molar-refractivity contribution is 0.394. The highest BCUT2D eigenvalue weighted by atomic mass is 32.1. The van der Waals surface area contributed by atoms with E-state index < -0.39 is 0 Å². The second-order valence-corrected chi connectivity index (χ2v) is 5.76. The number of allylic oxidation sites excluding steroid dienone is 1. The van der Waals surface area contributed by atoms with Gasteiger partial charge in [-0.05, 0) is 61.7 Å². The van der Waals surface area contributed by atoms with Crippen LogP contribution in [0.5, 0.6) is 11.5 Å². The summed E-state index contributed by atoms with van der Waals surface area (Å²) in [6.07, 6.45) is 4.59. The first-order valence-electron chi connectivity index (χ1n) is 7.24. The molecule has 1 aromatic carbocycles. The van der Waals surface area contributed by atoms with Crippen LogP contribution in [-0.4, -0.2) is 19.3 Å². The average molecular weight is 304 g/mol. The summed E-state index contributed by atoms with van der Waals surface area (Å²) in [6.45, 7) is 0. The maximum atomic E-state index is 5.53. The van der Waals surface area contributed by atoms with Gasteiger partial charge in [0.1, 0.15) is 11.5 Å². The number of methoxy groups -OCH3 is 2. The molecule has 0 spiro atoms. The van der Waals surface area contributed by atoms with Gasteiger partial charge >= 0.3 is 0 Å². The molecule has 0 radical (unpaired) electrons. The van der Waals surface area contributed by atoms with Gasteiger partial charge in [-0.3, -0.25) is 0 Å². The summed E-state index contributed by atoms with van der Waals surface area (Å²) in [5.74, 6) is 1.69. The zero-order valence-electron chi connectivity index (χ0n) is 12.4. The van der Waals surface area contributed by atoms with Gasteiger partial charge in [-0.15, -0.1) is 0 Å². The lowest BCUT2D eigenvalue weighted by Crippen LogP contribution is -2.44. The molecule has 5 heteroatoms. The Bertz CT molecular complexity index is 598. The van der Waals surface area contributed by atoms with Crippen molar-refractivity contribution in [1.29, 1.82) is 0 Å². The lowest BCUT2D eigenvalue weighted by Gasteiger charge is -2.35. The van der Waals surface area contributed by atoms with Crippen molar-refractivity contribution in [1.82, 2.24) is 10.6 Å². The largest absolute Gasteiger partial charge is 0.497 e. The number of hydrogen-bond acceptors (Lipinski definition) is 3. The van der Waals surface area contributed by atoms with Crippen LogP contribution >= 0.6 is 12.2 Å². The van der Waals surface area contributed by atoms with E-state index in [0.29, 0.717) is 5.11 Å². The third-order valence-electron chi connectivity index (χ3n) is 4.15. The van der Waals surface area contributed by atoms with Gasteiger partial charge in [0.25, 0.3) is 0 Å². The van der Waals surface area contributed by atoms with Crippen LogP contribution in [0, 0.1) is 0 Å². The predicted molar refractivity (Wildman–Crippen MR) is 86.7 cm³/mol. The van der Waals surface area contributed by atoms with Gasteiger partial charge in [0.2, 0.25) is 0 Å². The van der Waals surface area contributed by atoms with Gasteiger partial charge < -0.3 is 20.1 Å². The Labute approximate surface area is 130 Å². The predicted octanol–water partition coefficient (Wildman–Crippen LogP) is 3.05. The van der Waals surface area contributed by atoms with Crippen LogP contribution in [0.4, 0.5) is 0 Å². The molecular weight excluding hydrogens is 284 g/mol. The highest BCUT2D eigenvalue weighted by molar-refractivity contribution is 7.80. The van der Waals surface area contributed by atoms with E-state index in [0.717, 1.165) is 29.9 Å². The van der Waals surface area contributed by atoms with E-state index in [-0.39, 0.29) is 6.04 Å². The van der Waals surface area contributed by atoms with Crippen molar-refractivity contribution in [2.75, 3.05) is 14.2 Å². The van der Waals surface area contributed by atoms with Crippen LogP contribution in [0.2, 0.25) is 0 Å². The first-order chi connectivity index (χ1) is 10.2. The Hall–Kier alpha value is -1.75. The summed E-state index contributed by atoms with van der Waals surface area (Å²) < 4.78 is 10.9. The molecule has 3 rings (SSSR count). The third kappa shape index (κ3) is 2.70. The van der Waals surface area contributed by atoms with Crippen LogP contribution in [0.15, 0.2) is 29.5 Å². The van der Waals surface area contributed by atoms with E-state index in [9.17, 15) is 0 Å². The van der Waals surface area contributed by atoms with Gasteiger partial charge in [-0.25, -0.2) is 0 Å². The first-order valence-corrected chi connectivity index (χ1v) is 7.65. The van der Waals surface area contributed by atoms with Gasteiger partial charge in [0, 0.05) is 11.3 Å². The highest BCUT2D eigenvalue weighted by Crippen LogP contribution is 2.39. The molecule has 0 bridgehead atoms. The van der Waals surface area contributed by atoms with Crippen molar-refractivity contribution in [2.24, 2.45) is 0 Å². The topological polar surface area (TPSA) is 42.5 Å². The zero-order valence-corrected chi connectivity index (χ0v) is 13.2. The molecule has 0 saturated carbocycles. The van der Waals surface area contributed by atoms with Gasteiger partial charge in [-0.2, -0.15) is 0 Å². The van der Waals surface area contributed by atoms with E-state index in [2.05, 4.69) is 10.6 Å². The second-order valence-electron chi connectivity index (χ2n) is 5.35. The standard InChI is InChI=1S/C16H20N2O2S/c1-19-10-7-8-14(20-2)12(9-10)15-11-5-3-4-6-13(11)17-16(21)18-15/h7-9,15H,3-6H2,1-2H3,(H2,17,18,21). The average Bonchev–Trinajstić information content (AvgIpc) is 2.53. The number of rotatable bonds is 3. The number of nitrogens with one attached hydrogen (secondary N) is 2. The van der Waals surface area contributed by atoms with E-state index in [1.54, 1.807) is 14.2 Å². The summed E-state index contributed by atoms with van der Waals surface area (Å²) >= 11 is 5.36. The van der Waals surface area contributed by atoms with Crippen LogP contribution < -0.4 is 20.1 Å². The van der Waals surface area contributed by atoms with Gasteiger partial charge in [0.05, 0.1) is 20.3 Å². The number of hydrogen-bond donors (Lipinski definition) is 2. The van der Waals surface area contributed by atoms with Crippen LogP contribution in [-0.2, 0) is 0 Å². The second kappa shape index (κ2) is 5.93. The molecular formula is C16H20N2O2S. The number of thiocarbonyl (C=S) groups is 1. The summed E-state index contributed by atoms with van der Waals surface area (Å²) in [5, 5.41) is 7.38. The summed E-state index contributed by atoms with van der Waals surface area (Å²) in [7, 11) is 3.37. The molecule has 1 aliphatic carbocycles. The molecule has 1 heterocycles. The molecule has 112 valence electrons. The van der Waals surface area contributed by atoms with E-state index in [1.165, 1.54) is 24.1 Å². The lowest BCUT2D eigenvalue weighted by atomic mass is 9.86. The first kappa shape index (κ1) is 14.2. The van der Waals surface area contributed by atoms with Crippen molar-refractivity contribution in [3.63, 3.8) is 0 Å². The molecule has 2 aliphatic rings. The fraction of sp³-hybridized carbons (Fsp3) is 0.438. The zero-order chi connectivity index (χ0) is 14.8. The highest BCUT2D eigenvalue weighted by Gasteiger charge is 2.30. The smallest absolute Gasteiger partial charge is 0.171 e. The molecule has 0 fully saturated rings. The van der Waals surface area contributed by atoms with Crippen molar-refractivity contribution in [3.05, 3.63) is 35.0 Å². The molecule has 1 unspecified atom stereocenters. The molecule has 0 aromatic heterocycles. The molecule has 4 nitrogen and oxygen atoms in total. The Morgan fingerprint density at radius 2 is 1.95 bits per heavy atom. The Kier molecular flexibility index (Phi) is 4.01. The summed E-state index contributed by atoms with van der Waals surface area (Å²) in [4.78, 5) is 0. The Balaban J connectivity index is 2.07. The molecule has 0 amide bonds. The van der Waals surface area contributed by atoms with Crippen LogP contribution in [0.25, 0.3) is 0 Å². The van der Waals surface area contributed by atoms with E-state index in [4.69, 9.17) is 21.7 Å². The minimum absolute atomic E-state index is 0.0686. The van der Waals surface area contributed by atoms with Crippen LogP contribution in [0.1, 0.15) is 37.3 Å². The molecule has 21 heavy (non-hydrogen) atoms. The SMILES string of the molecule is COc1ccc(OC)c(C2NC(=S)NC3=C2CCCC3)c1. The minimum Gasteiger partial charge on any atom is -0.497 e. The Morgan fingerprint density at radius 3 is 2.71 bits per heavy atom. The monoisotopic (exact) mass is 304 g/mol. The Morgan fingerprint density at radius 1 is 1.14 bits per heavy atom. The van der Waals surface area contributed by atoms with E-state index in [1.807, 2.05) is 18.2 Å². The van der Waals surface area contributed by atoms with E-state index >= 15 is 0 Å². The molecule has 2 N–H and O–H groups in total. The number of benzene rings is 1. The van der Waals surface area contributed by atoms with Crippen molar-refractivity contribution >= 4 is 17.3 Å². The molecule has 1 aliphatic heterocycles. The molecule has 0 saturated heterocycles. The molecule has 1 atom stereocenters. The van der Waals surface area contributed by atoms with Crippen molar-refractivity contribution in [2.45, 2.75) is 31.7 Å².